The van der Waals surface area contributed by atoms with Crippen LogP contribution in [0.4, 0.5) is 0 Å². The summed E-state index contributed by atoms with van der Waals surface area (Å²) in [4.78, 5) is 17.1. The van der Waals surface area contributed by atoms with E-state index < -0.39 is 0 Å². The molecule has 2 fully saturated rings. The number of morpholine rings is 1. The van der Waals surface area contributed by atoms with Crippen molar-refractivity contribution >= 4 is 16.9 Å². The minimum atomic E-state index is 0.0806. The fourth-order valence-electron chi connectivity index (χ4n) is 4.73. The highest BCUT2D eigenvalue weighted by Crippen LogP contribution is 2.28. The number of carbonyl (C=O) groups excluding carboxylic acids is 1. The molecule has 2 aliphatic heterocycles. The van der Waals surface area contributed by atoms with Crippen LogP contribution in [-0.2, 0) is 11.2 Å². The van der Waals surface area contributed by atoms with Crippen molar-refractivity contribution in [3.63, 3.8) is 0 Å². The summed E-state index contributed by atoms with van der Waals surface area (Å²) in [7, 11) is 0. The molecule has 1 amide bonds. The Bertz CT molecular complexity index is 1050. The van der Waals surface area contributed by atoms with E-state index in [1.165, 1.54) is 19.4 Å². The number of amides is 1. The normalized spacial score (nSPS) is 19.9. The molecule has 2 saturated heterocycles. The second-order valence-electron chi connectivity index (χ2n) is 8.72. The van der Waals surface area contributed by atoms with Crippen LogP contribution in [0.2, 0.25) is 0 Å². The first-order valence-electron chi connectivity index (χ1n) is 11.4. The van der Waals surface area contributed by atoms with Gasteiger partial charge in [0.15, 0.2) is 0 Å². The van der Waals surface area contributed by atoms with E-state index in [0.717, 1.165) is 46.4 Å². The van der Waals surface area contributed by atoms with Gasteiger partial charge in [-0.15, -0.1) is 0 Å². The summed E-state index contributed by atoms with van der Waals surface area (Å²) in [5.41, 5.74) is 3.91. The van der Waals surface area contributed by atoms with Gasteiger partial charge in [-0.05, 0) is 67.8 Å². The van der Waals surface area contributed by atoms with Crippen LogP contribution in [0.25, 0.3) is 22.1 Å². The molecule has 31 heavy (non-hydrogen) atoms. The molecular formula is C26H30N2O3. The number of hydrogen-bond donors (Lipinski definition) is 0. The van der Waals surface area contributed by atoms with Gasteiger partial charge in [-0.1, -0.05) is 18.2 Å². The first kappa shape index (κ1) is 20.3. The van der Waals surface area contributed by atoms with Crippen molar-refractivity contribution in [3.8, 4) is 11.1 Å². The molecule has 0 bridgehead atoms. The molecule has 0 aliphatic carbocycles. The fourth-order valence-corrected chi connectivity index (χ4v) is 4.73. The highest BCUT2D eigenvalue weighted by atomic mass is 16.5. The zero-order valence-corrected chi connectivity index (χ0v) is 18.2. The molecule has 162 valence electrons. The van der Waals surface area contributed by atoms with Crippen molar-refractivity contribution in [1.29, 1.82) is 0 Å². The largest absolute Gasteiger partial charge is 0.461 e. The number of carbonyl (C=O) groups is 1. The molecule has 2 aromatic carbocycles. The van der Waals surface area contributed by atoms with Gasteiger partial charge in [-0.25, -0.2) is 0 Å². The summed E-state index contributed by atoms with van der Waals surface area (Å²) in [6.45, 7) is 7.15. The Labute approximate surface area is 183 Å². The minimum Gasteiger partial charge on any atom is -0.461 e. The van der Waals surface area contributed by atoms with Gasteiger partial charge < -0.3 is 19.0 Å². The van der Waals surface area contributed by atoms with Gasteiger partial charge in [0, 0.05) is 43.0 Å². The van der Waals surface area contributed by atoms with Gasteiger partial charge in [0.1, 0.15) is 11.3 Å². The summed E-state index contributed by atoms with van der Waals surface area (Å²) in [5, 5.41) is 1.13. The molecule has 5 rings (SSSR count). The summed E-state index contributed by atoms with van der Waals surface area (Å²) in [6.07, 6.45) is 3.56. The lowest BCUT2D eigenvalue weighted by molar-refractivity contribution is 0.0303. The van der Waals surface area contributed by atoms with Crippen molar-refractivity contribution < 1.29 is 13.9 Å². The number of fused-ring (bicyclic) bond motifs is 1. The lowest BCUT2D eigenvalue weighted by Crippen LogP contribution is -2.40. The topological polar surface area (TPSA) is 45.9 Å². The van der Waals surface area contributed by atoms with Gasteiger partial charge in [-0.2, -0.15) is 0 Å². The lowest BCUT2D eigenvalue weighted by atomic mass is 10.0. The van der Waals surface area contributed by atoms with Crippen LogP contribution in [0.3, 0.4) is 0 Å². The van der Waals surface area contributed by atoms with Crippen LogP contribution < -0.4 is 0 Å². The summed E-state index contributed by atoms with van der Waals surface area (Å²) >= 11 is 0. The third kappa shape index (κ3) is 4.39. The number of benzene rings is 2. The Morgan fingerprint density at radius 1 is 1.00 bits per heavy atom. The third-order valence-corrected chi connectivity index (χ3v) is 6.67. The van der Waals surface area contributed by atoms with E-state index in [4.69, 9.17) is 9.15 Å². The zero-order chi connectivity index (χ0) is 21.2. The average Bonchev–Trinajstić information content (AvgIpc) is 3.42. The second-order valence-corrected chi connectivity index (χ2v) is 8.72. The van der Waals surface area contributed by atoms with Crippen molar-refractivity contribution in [2.75, 3.05) is 39.4 Å². The van der Waals surface area contributed by atoms with Crippen molar-refractivity contribution in [1.82, 2.24) is 9.80 Å². The Morgan fingerprint density at radius 2 is 1.77 bits per heavy atom. The lowest BCUT2D eigenvalue weighted by Gasteiger charge is -2.26. The van der Waals surface area contributed by atoms with Gasteiger partial charge in [-0.3, -0.25) is 4.79 Å². The van der Waals surface area contributed by atoms with E-state index in [1.807, 2.05) is 29.2 Å². The summed E-state index contributed by atoms with van der Waals surface area (Å²) in [6, 6.07) is 17.1. The van der Waals surface area contributed by atoms with Gasteiger partial charge in [0.25, 0.3) is 5.91 Å². The number of hydrogen-bond acceptors (Lipinski definition) is 4. The monoisotopic (exact) mass is 418 g/mol. The quantitative estimate of drug-likeness (QED) is 0.608. The molecule has 3 heterocycles. The maximum absolute atomic E-state index is 12.7. The molecule has 0 unspecified atom stereocenters. The fraction of sp³-hybridized carbons (Fsp3) is 0.423. The van der Waals surface area contributed by atoms with E-state index >= 15 is 0 Å². The minimum absolute atomic E-state index is 0.0806. The molecule has 0 saturated carbocycles. The van der Waals surface area contributed by atoms with Crippen LogP contribution in [0.1, 0.15) is 35.9 Å². The first-order valence-corrected chi connectivity index (χ1v) is 11.4. The highest BCUT2D eigenvalue weighted by molar-refractivity contribution is 5.95. The molecule has 2 aliphatic rings. The number of rotatable bonds is 5. The second kappa shape index (κ2) is 8.85. The van der Waals surface area contributed by atoms with E-state index in [9.17, 15) is 4.79 Å². The molecule has 3 aromatic rings. The standard InChI is InChI=1S/C26H30N2O3/c1-19-3-2-11-27(19)12-10-24-18-23-17-22(8-9-25(23)31-24)20-4-6-21(7-5-20)26(29)28-13-15-30-16-14-28/h4-9,17-19H,2-3,10-16H2,1H3/t19-/m1/s1. The van der Waals surface area contributed by atoms with Crippen molar-refractivity contribution in [3.05, 3.63) is 59.9 Å². The van der Waals surface area contributed by atoms with Gasteiger partial charge >= 0.3 is 0 Å². The molecule has 1 atom stereocenters. The van der Waals surface area contributed by atoms with Crippen LogP contribution in [-0.4, -0.2) is 61.1 Å². The maximum Gasteiger partial charge on any atom is 0.254 e. The van der Waals surface area contributed by atoms with Crippen LogP contribution in [0, 0.1) is 0 Å². The summed E-state index contributed by atoms with van der Waals surface area (Å²) < 4.78 is 11.4. The molecular weight excluding hydrogens is 388 g/mol. The van der Waals surface area contributed by atoms with Gasteiger partial charge in [0.2, 0.25) is 0 Å². The number of furan rings is 1. The Balaban J connectivity index is 1.29. The van der Waals surface area contributed by atoms with Crippen molar-refractivity contribution in [2.45, 2.75) is 32.2 Å². The third-order valence-electron chi connectivity index (χ3n) is 6.67. The molecule has 0 radical (unpaired) electrons. The molecule has 1 aromatic heterocycles. The average molecular weight is 419 g/mol. The highest BCUT2D eigenvalue weighted by Gasteiger charge is 2.20. The number of ether oxygens (including phenoxy) is 1. The van der Waals surface area contributed by atoms with Crippen LogP contribution in [0.5, 0.6) is 0 Å². The molecule has 0 N–H and O–H groups in total. The Hall–Kier alpha value is -2.63. The smallest absolute Gasteiger partial charge is 0.254 e. The number of likely N-dealkylation sites (tertiary alicyclic amines) is 1. The van der Waals surface area contributed by atoms with Crippen molar-refractivity contribution in [2.24, 2.45) is 0 Å². The Kier molecular flexibility index (Phi) is 5.79. The molecule has 5 heteroatoms. The SMILES string of the molecule is C[C@@H]1CCCN1CCc1cc2cc(-c3ccc(C(=O)N4CCOCC4)cc3)ccc2o1. The van der Waals surface area contributed by atoms with E-state index in [0.29, 0.717) is 32.3 Å². The first-order chi connectivity index (χ1) is 15.2. The van der Waals surface area contributed by atoms with Crippen LogP contribution in [0.15, 0.2) is 52.9 Å². The van der Waals surface area contributed by atoms with E-state index in [2.05, 4.69) is 36.1 Å². The predicted molar refractivity (Wildman–Crippen MR) is 122 cm³/mol. The zero-order valence-electron chi connectivity index (χ0n) is 18.2. The number of nitrogens with zero attached hydrogens (tertiary/aromatic N) is 2. The van der Waals surface area contributed by atoms with Gasteiger partial charge in [0.05, 0.1) is 13.2 Å². The van der Waals surface area contributed by atoms with E-state index in [1.54, 1.807) is 0 Å². The maximum atomic E-state index is 12.7. The Morgan fingerprint density at radius 3 is 2.52 bits per heavy atom. The summed E-state index contributed by atoms with van der Waals surface area (Å²) in [5.74, 6) is 1.13. The molecule has 5 nitrogen and oxygen atoms in total. The van der Waals surface area contributed by atoms with E-state index in [-0.39, 0.29) is 5.91 Å². The van der Waals surface area contributed by atoms with Crippen LogP contribution >= 0.6 is 0 Å². The molecule has 0 spiro atoms. The predicted octanol–water partition coefficient (Wildman–Crippen LogP) is 4.60.